The minimum atomic E-state index is -1.42. The van der Waals surface area contributed by atoms with Crippen molar-refractivity contribution < 1.29 is 34.1 Å². The highest BCUT2D eigenvalue weighted by molar-refractivity contribution is 6.15. The number of hydrogen-bond acceptors (Lipinski definition) is 7. The van der Waals surface area contributed by atoms with Crippen LogP contribution in [0.5, 0.6) is 0 Å². The normalized spacial score (nSPS) is 14.8. The second kappa shape index (κ2) is 8.64. The first-order chi connectivity index (χ1) is 13.5. The molecule has 0 aliphatic carbocycles. The van der Waals surface area contributed by atoms with Crippen molar-refractivity contribution in [1.29, 1.82) is 0 Å². The number of cyclic esters (lactones) is 2. The maximum atomic E-state index is 11.8. The Morgan fingerprint density at radius 2 is 1.79 bits per heavy atom. The number of amides is 1. The third-order valence-corrected chi connectivity index (χ3v) is 4.31. The summed E-state index contributed by atoms with van der Waals surface area (Å²) in [6, 6.07) is 13.5. The molecule has 3 rings (SSSR count). The molecule has 1 heterocycles. The van der Waals surface area contributed by atoms with Crippen molar-refractivity contribution in [2.75, 3.05) is 6.54 Å². The first kappa shape index (κ1) is 19.5. The summed E-state index contributed by atoms with van der Waals surface area (Å²) in [5, 5.41) is 23.0. The third kappa shape index (κ3) is 4.36. The molecular weight excluding hydrogens is 366 g/mol. The van der Waals surface area contributed by atoms with Gasteiger partial charge >= 0.3 is 18.0 Å². The molecule has 8 nitrogen and oxygen atoms in total. The molecule has 3 N–H and O–H groups in total. The number of ether oxygens (including phenoxy) is 2. The van der Waals surface area contributed by atoms with Gasteiger partial charge in [0, 0.05) is 6.54 Å². The van der Waals surface area contributed by atoms with Gasteiger partial charge in [-0.1, -0.05) is 42.5 Å². The van der Waals surface area contributed by atoms with Crippen LogP contribution in [-0.2, 0) is 16.1 Å². The minimum Gasteiger partial charge on any atom is -0.445 e. The Morgan fingerprint density at radius 1 is 1.04 bits per heavy atom. The Hall–Kier alpha value is -3.23. The van der Waals surface area contributed by atoms with Crippen molar-refractivity contribution in [3.05, 3.63) is 70.8 Å². The van der Waals surface area contributed by atoms with Gasteiger partial charge in [0.2, 0.25) is 0 Å². The summed E-state index contributed by atoms with van der Waals surface area (Å²) >= 11 is 0. The zero-order valence-corrected chi connectivity index (χ0v) is 14.8. The van der Waals surface area contributed by atoms with Gasteiger partial charge in [0.15, 0.2) is 0 Å². The third-order valence-electron chi connectivity index (χ3n) is 4.31. The monoisotopic (exact) mass is 385 g/mol. The average Bonchev–Trinajstić information content (AvgIpc) is 3.00. The van der Waals surface area contributed by atoms with Crippen LogP contribution in [0.15, 0.2) is 48.5 Å². The number of carbonyl (C=O) groups is 3. The van der Waals surface area contributed by atoms with E-state index in [9.17, 15) is 24.6 Å². The molecular formula is C20H19NO7. The van der Waals surface area contributed by atoms with Gasteiger partial charge in [0.25, 0.3) is 0 Å². The molecule has 1 amide bonds. The van der Waals surface area contributed by atoms with E-state index in [1.165, 1.54) is 18.2 Å². The lowest BCUT2D eigenvalue weighted by Crippen LogP contribution is -2.30. The van der Waals surface area contributed by atoms with Crippen LogP contribution in [0.1, 0.15) is 44.4 Å². The highest BCUT2D eigenvalue weighted by atomic mass is 16.6. The van der Waals surface area contributed by atoms with Gasteiger partial charge in [0.05, 0.1) is 17.2 Å². The van der Waals surface area contributed by atoms with E-state index in [2.05, 4.69) is 10.1 Å². The highest BCUT2D eigenvalue weighted by Crippen LogP contribution is 2.30. The number of hydrogen-bond donors (Lipinski definition) is 3. The molecule has 8 heteroatoms. The Labute approximate surface area is 160 Å². The molecule has 1 aliphatic rings. The Bertz CT molecular complexity index is 881. The maximum absolute atomic E-state index is 11.8. The predicted molar refractivity (Wildman–Crippen MR) is 96.4 cm³/mol. The van der Waals surface area contributed by atoms with Crippen molar-refractivity contribution in [3.63, 3.8) is 0 Å². The van der Waals surface area contributed by atoms with Crippen molar-refractivity contribution in [2.45, 2.75) is 25.2 Å². The fourth-order valence-corrected chi connectivity index (χ4v) is 2.87. The average molecular weight is 385 g/mol. The van der Waals surface area contributed by atoms with Gasteiger partial charge in [-0.05, 0) is 23.6 Å². The van der Waals surface area contributed by atoms with Gasteiger partial charge in [-0.3, -0.25) is 0 Å². The molecule has 2 atom stereocenters. The predicted octanol–water partition coefficient (Wildman–Crippen LogP) is 1.71. The van der Waals surface area contributed by atoms with Gasteiger partial charge in [-0.2, -0.15) is 0 Å². The van der Waals surface area contributed by atoms with Crippen LogP contribution in [0.4, 0.5) is 4.79 Å². The van der Waals surface area contributed by atoms with Crippen LogP contribution >= 0.6 is 0 Å². The van der Waals surface area contributed by atoms with Crippen molar-refractivity contribution in [1.82, 2.24) is 5.32 Å². The van der Waals surface area contributed by atoms with Crippen LogP contribution in [-0.4, -0.2) is 40.9 Å². The van der Waals surface area contributed by atoms with Gasteiger partial charge < -0.3 is 25.0 Å². The van der Waals surface area contributed by atoms with Crippen LogP contribution in [0.3, 0.4) is 0 Å². The van der Waals surface area contributed by atoms with Crippen molar-refractivity contribution in [3.8, 4) is 0 Å². The van der Waals surface area contributed by atoms with Crippen LogP contribution < -0.4 is 5.32 Å². The van der Waals surface area contributed by atoms with E-state index in [4.69, 9.17) is 4.74 Å². The molecule has 0 aromatic heterocycles. The van der Waals surface area contributed by atoms with E-state index in [0.717, 1.165) is 5.56 Å². The lowest BCUT2D eigenvalue weighted by molar-refractivity contribution is 0.0128. The molecule has 0 radical (unpaired) electrons. The first-order valence-corrected chi connectivity index (χ1v) is 8.67. The molecule has 0 fully saturated rings. The van der Waals surface area contributed by atoms with E-state index in [1.54, 1.807) is 0 Å². The fraction of sp³-hybridized carbons (Fsp3) is 0.250. The molecule has 28 heavy (non-hydrogen) atoms. The van der Waals surface area contributed by atoms with E-state index < -0.39 is 30.2 Å². The summed E-state index contributed by atoms with van der Waals surface area (Å²) in [4.78, 5) is 35.1. The van der Waals surface area contributed by atoms with Crippen LogP contribution in [0, 0.1) is 0 Å². The van der Waals surface area contributed by atoms with Crippen LogP contribution in [0.2, 0.25) is 0 Å². The molecule has 146 valence electrons. The minimum absolute atomic E-state index is 0.00820. The van der Waals surface area contributed by atoms with Crippen LogP contribution in [0.25, 0.3) is 0 Å². The number of benzene rings is 2. The van der Waals surface area contributed by atoms with Gasteiger partial charge in [-0.15, -0.1) is 0 Å². The number of aliphatic hydroxyl groups is 2. The Morgan fingerprint density at radius 3 is 2.54 bits per heavy atom. The highest BCUT2D eigenvalue weighted by Gasteiger charge is 2.35. The van der Waals surface area contributed by atoms with E-state index in [0.29, 0.717) is 0 Å². The molecule has 2 unspecified atom stereocenters. The largest absolute Gasteiger partial charge is 0.445 e. The lowest BCUT2D eigenvalue weighted by Gasteiger charge is -2.19. The van der Waals surface area contributed by atoms with Gasteiger partial charge in [-0.25, -0.2) is 14.4 Å². The van der Waals surface area contributed by atoms with E-state index in [-0.39, 0.29) is 36.3 Å². The summed E-state index contributed by atoms with van der Waals surface area (Å²) < 4.78 is 9.58. The van der Waals surface area contributed by atoms with E-state index in [1.807, 2.05) is 30.3 Å². The molecule has 0 spiro atoms. The first-order valence-electron chi connectivity index (χ1n) is 8.67. The fourth-order valence-electron chi connectivity index (χ4n) is 2.87. The quantitative estimate of drug-likeness (QED) is 0.490. The summed E-state index contributed by atoms with van der Waals surface area (Å²) in [7, 11) is 0. The number of alkyl carbamates (subject to hydrolysis) is 1. The zero-order chi connectivity index (χ0) is 20.1. The standard InChI is InChI=1S/C20H19NO7/c22-15(9-10-21-20(26)27-11-12-5-2-1-3-6-12)17(23)13-7-4-8-14-16(13)19(25)28-18(14)24/h1-8,15,17,22-23H,9-11H2,(H,21,26). The second-order valence-corrected chi connectivity index (χ2v) is 6.24. The summed E-state index contributed by atoms with van der Waals surface area (Å²) in [6.07, 6.45) is -3.34. The molecule has 2 aromatic carbocycles. The number of carbonyl (C=O) groups excluding carboxylic acids is 3. The Kier molecular flexibility index (Phi) is 6.03. The maximum Gasteiger partial charge on any atom is 0.407 e. The zero-order valence-electron chi connectivity index (χ0n) is 14.8. The topological polar surface area (TPSA) is 122 Å². The van der Waals surface area contributed by atoms with Gasteiger partial charge in [0.1, 0.15) is 12.7 Å². The summed E-state index contributed by atoms with van der Waals surface area (Å²) in [6.45, 7) is 0.161. The molecule has 0 saturated heterocycles. The number of nitrogens with one attached hydrogen (secondary N) is 1. The lowest BCUT2D eigenvalue weighted by atomic mass is 9.94. The molecule has 2 aromatic rings. The molecule has 0 saturated carbocycles. The molecule has 0 bridgehead atoms. The second-order valence-electron chi connectivity index (χ2n) is 6.24. The Balaban J connectivity index is 1.50. The summed E-state index contributed by atoms with van der Waals surface area (Å²) in [5.41, 5.74) is 0.950. The van der Waals surface area contributed by atoms with Crippen molar-refractivity contribution >= 4 is 18.0 Å². The summed E-state index contributed by atoms with van der Waals surface area (Å²) in [5.74, 6) is -1.64. The number of aliphatic hydroxyl groups excluding tert-OH is 2. The smallest absolute Gasteiger partial charge is 0.407 e. The molecule has 1 aliphatic heterocycles. The SMILES string of the molecule is O=C(NCCC(O)C(O)c1cccc2c1C(=O)OC2=O)OCc1ccccc1. The number of esters is 2. The number of rotatable bonds is 7. The number of fused-ring (bicyclic) bond motifs is 1. The van der Waals surface area contributed by atoms with Crippen molar-refractivity contribution in [2.24, 2.45) is 0 Å². The van der Waals surface area contributed by atoms with E-state index >= 15 is 0 Å².